The van der Waals surface area contributed by atoms with Gasteiger partial charge in [-0.05, 0) is 81.5 Å². The van der Waals surface area contributed by atoms with E-state index in [1.807, 2.05) is 0 Å². The average Bonchev–Trinajstić information content (AvgIpc) is 2.98. The van der Waals surface area contributed by atoms with Crippen molar-refractivity contribution in [3.05, 3.63) is 100 Å². The average molecular weight is 488 g/mol. The molecule has 8 aliphatic rings. The van der Waals surface area contributed by atoms with E-state index in [9.17, 15) is 0 Å². The summed E-state index contributed by atoms with van der Waals surface area (Å²) in [6, 6.07) is 26.5. The molecule has 1 N–H and O–H groups in total. The topological polar surface area (TPSA) is 21.3 Å². The number of hydrogen-bond acceptors (Lipinski definition) is 3. The highest BCUT2D eigenvalue weighted by Crippen LogP contribution is 2.59. The molecule has 2 aliphatic carbocycles. The van der Waals surface area contributed by atoms with Crippen LogP contribution in [0.1, 0.15) is 81.7 Å². The zero-order chi connectivity index (χ0) is 23.4. The molecule has 6 aliphatic heterocycles. The molecule has 6 bridgehead atoms. The van der Waals surface area contributed by atoms with Gasteiger partial charge in [0, 0.05) is 40.5 Å². The Morgan fingerprint density at radius 1 is 0.806 bits per heavy atom. The fourth-order valence-electron chi connectivity index (χ4n) is 8.01. The minimum atomic E-state index is 0.587. The summed E-state index contributed by atoms with van der Waals surface area (Å²) in [7, 11) is 0. The van der Waals surface area contributed by atoms with Crippen molar-refractivity contribution < 1.29 is 4.74 Å². The van der Waals surface area contributed by atoms with E-state index >= 15 is 0 Å². The van der Waals surface area contributed by atoms with Gasteiger partial charge < -0.3 is 10.1 Å². The van der Waals surface area contributed by atoms with Crippen LogP contribution in [-0.4, -0.2) is 12.3 Å². The molecule has 0 spiro atoms. The Labute approximate surface area is 216 Å². The second kappa shape index (κ2) is 7.40. The quantitative estimate of drug-likeness (QED) is 0.310. The largest absolute Gasteiger partial charge is 0.488 e. The third kappa shape index (κ3) is 2.74. The lowest BCUT2D eigenvalue weighted by Gasteiger charge is -2.45. The second-order valence-corrected chi connectivity index (χ2v) is 12.7. The second-order valence-electron chi connectivity index (χ2n) is 11.5. The first-order chi connectivity index (χ1) is 17.8. The number of rotatable bonds is 2. The van der Waals surface area contributed by atoms with Crippen molar-refractivity contribution >= 4 is 22.5 Å². The standard InChI is InChI=1S/C33H29NOS/c1-2-4-23-21(3-1)29-16-35-32(23)13-26(29)19-6-9-24-28(12-19)30-17-36-33(24)14-27(30)18-5-8-22-25(11-18)20-7-10-31(22)34-15-20/h1-6,8-9,11-13,20,27,30-31,33-34H,7,10,14-17H2. The number of ether oxygens (including phenoxy) is 1. The highest BCUT2D eigenvalue weighted by atomic mass is 32.2. The number of fused-ring (bicyclic) bond motifs is 6. The Bertz CT molecular complexity index is 1570. The predicted molar refractivity (Wildman–Crippen MR) is 148 cm³/mol. The lowest BCUT2D eigenvalue weighted by molar-refractivity contribution is 0.304. The molecule has 5 atom stereocenters. The molecule has 2 saturated heterocycles. The summed E-state index contributed by atoms with van der Waals surface area (Å²) < 4.78 is 6.05. The molecule has 0 aromatic heterocycles. The number of hydrogen-bond donors (Lipinski definition) is 1. The van der Waals surface area contributed by atoms with Crippen LogP contribution in [0.5, 0.6) is 5.75 Å². The highest BCUT2D eigenvalue weighted by molar-refractivity contribution is 7.99. The van der Waals surface area contributed by atoms with Gasteiger partial charge in [0.1, 0.15) is 12.4 Å². The molecule has 36 heavy (non-hydrogen) atoms. The Kier molecular flexibility index (Phi) is 4.18. The fraction of sp³-hybridized carbons (Fsp3) is 0.333. The molecule has 12 rings (SSSR count). The van der Waals surface area contributed by atoms with Crippen molar-refractivity contribution in [2.75, 3.05) is 12.3 Å². The van der Waals surface area contributed by atoms with Crippen molar-refractivity contribution in [2.24, 2.45) is 0 Å². The van der Waals surface area contributed by atoms with Gasteiger partial charge in [-0.3, -0.25) is 0 Å². The van der Waals surface area contributed by atoms with Crippen LogP contribution < -0.4 is 10.1 Å². The minimum absolute atomic E-state index is 0.587. The van der Waals surface area contributed by atoms with Crippen molar-refractivity contribution in [1.29, 1.82) is 0 Å². The zero-order valence-corrected chi connectivity index (χ0v) is 21.1. The third-order valence-corrected chi connectivity index (χ3v) is 11.2. The lowest BCUT2D eigenvalue weighted by Crippen LogP contribution is -2.38. The number of thioether (sulfide) groups is 1. The van der Waals surface area contributed by atoms with Gasteiger partial charge in [0.15, 0.2) is 0 Å². The van der Waals surface area contributed by atoms with Crippen LogP contribution in [-0.2, 0) is 6.61 Å². The van der Waals surface area contributed by atoms with E-state index < -0.39 is 0 Å². The maximum Gasteiger partial charge on any atom is 0.128 e. The summed E-state index contributed by atoms with van der Waals surface area (Å²) >= 11 is 2.19. The maximum absolute atomic E-state index is 6.05. The van der Waals surface area contributed by atoms with E-state index in [1.54, 1.807) is 27.8 Å². The molecule has 178 valence electrons. The molecule has 0 saturated carbocycles. The normalized spacial score (nSPS) is 28.7. The van der Waals surface area contributed by atoms with Gasteiger partial charge in [-0.15, -0.1) is 0 Å². The van der Waals surface area contributed by atoms with Gasteiger partial charge in [0.25, 0.3) is 0 Å². The van der Waals surface area contributed by atoms with E-state index in [0.717, 1.165) is 5.75 Å². The number of benzene rings is 4. The van der Waals surface area contributed by atoms with E-state index in [0.29, 0.717) is 35.7 Å². The van der Waals surface area contributed by atoms with Crippen LogP contribution in [0, 0.1) is 0 Å². The van der Waals surface area contributed by atoms with Crippen LogP contribution in [0.3, 0.4) is 0 Å². The first-order valence-corrected chi connectivity index (χ1v) is 14.7. The van der Waals surface area contributed by atoms with Crippen LogP contribution in [0.2, 0.25) is 0 Å². The van der Waals surface area contributed by atoms with E-state index in [4.69, 9.17) is 4.74 Å². The molecule has 2 fully saturated rings. The van der Waals surface area contributed by atoms with Crippen LogP contribution in [0.25, 0.3) is 21.9 Å². The Morgan fingerprint density at radius 2 is 1.72 bits per heavy atom. The van der Waals surface area contributed by atoms with E-state index in [2.05, 4.69) is 83.8 Å². The molecule has 0 radical (unpaired) electrons. The van der Waals surface area contributed by atoms with Crippen LogP contribution in [0.4, 0.5) is 0 Å². The van der Waals surface area contributed by atoms with Crippen molar-refractivity contribution in [3.63, 3.8) is 0 Å². The first-order valence-electron chi connectivity index (χ1n) is 13.6. The number of nitrogens with one attached hydrogen (secondary N) is 1. The van der Waals surface area contributed by atoms with E-state index in [1.165, 1.54) is 59.0 Å². The minimum Gasteiger partial charge on any atom is -0.488 e. The van der Waals surface area contributed by atoms with Gasteiger partial charge >= 0.3 is 0 Å². The molecule has 3 heteroatoms. The SMILES string of the molecule is c1ccc2c3c(-c4ccc5c(c4)C4CSC5CC4c4ccc5c(c4)C4CCC5NC4)cc(c2c1)OC3. The summed E-state index contributed by atoms with van der Waals surface area (Å²) in [6.45, 7) is 1.85. The molecular formula is C33H29NOS. The fourth-order valence-corrected chi connectivity index (χ4v) is 9.60. The zero-order valence-electron chi connectivity index (χ0n) is 20.3. The Hall–Kier alpha value is -2.75. The highest BCUT2D eigenvalue weighted by Gasteiger charge is 2.42. The molecule has 2 nitrogen and oxygen atoms in total. The molecule has 0 amide bonds. The number of piperidine rings is 1. The predicted octanol–water partition coefficient (Wildman–Crippen LogP) is 7.98. The van der Waals surface area contributed by atoms with Gasteiger partial charge in [-0.1, -0.05) is 60.7 Å². The lowest BCUT2D eigenvalue weighted by atomic mass is 9.69. The van der Waals surface area contributed by atoms with Gasteiger partial charge in [-0.25, -0.2) is 0 Å². The maximum atomic E-state index is 6.05. The molecule has 5 unspecified atom stereocenters. The summed E-state index contributed by atoms with van der Waals surface area (Å²) in [5, 5.41) is 6.97. The summed E-state index contributed by atoms with van der Waals surface area (Å²) in [6.07, 6.45) is 3.94. The molecule has 6 heterocycles. The molecule has 4 aromatic rings. The molecule has 4 aromatic carbocycles. The van der Waals surface area contributed by atoms with Crippen LogP contribution >= 0.6 is 11.8 Å². The Morgan fingerprint density at radius 3 is 2.64 bits per heavy atom. The summed E-state index contributed by atoms with van der Waals surface area (Å²) in [5.41, 5.74) is 12.1. The van der Waals surface area contributed by atoms with Crippen molar-refractivity contribution in [3.8, 4) is 16.9 Å². The smallest absolute Gasteiger partial charge is 0.128 e. The summed E-state index contributed by atoms with van der Waals surface area (Å²) in [5.74, 6) is 4.23. The first kappa shape index (κ1) is 20.3. The van der Waals surface area contributed by atoms with Gasteiger partial charge in [0.05, 0.1) is 0 Å². The van der Waals surface area contributed by atoms with Gasteiger partial charge in [0.2, 0.25) is 0 Å². The van der Waals surface area contributed by atoms with Gasteiger partial charge in [-0.2, -0.15) is 11.8 Å². The third-order valence-electron chi connectivity index (χ3n) is 9.83. The van der Waals surface area contributed by atoms with E-state index in [-0.39, 0.29) is 0 Å². The van der Waals surface area contributed by atoms with Crippen molar-refractivity contribution in [2.45, 2.75) is 54.9 Å². The van der Waals surface area contributed by atoms with Crippen LogP contribution in [0.15, 0.2) is 66.7 Å². The summed E-state index contributed by atoms with van der Waals surface area (Å²) in [4.78, 5) is 0. The molecular weight excluding hydrogens is 458 g/mol. The monoisotopic (exact) mass is 487 g/mol. The Balaban J connectivity index is 1.14. The van der Waals surface area contributed by atoms with Crippen molar-refractivity contribution in [1.82, 2.24) is 5.32 Å².